The summed E-state index contributed by atoms with van der Waals surface area (Å²) in [7, 11) is 0. The maximum absolute atomic E-state index is 11.6. The number of nitrogens with zero attached hydrogens (tertiary/aromatic N) is 2. The molecule has 2 atom stereocenters. The molecule has 104 valence electrons. The monoisotopic (exact) mass is 299 g/mol. The van der Waals surface area contributed by atoms with Crippen molar-refractivity contribution in [2.45, 2.75) is 11.3 Å². The van der Waals surface area contributed by atoms with Crippen LogP contribution in [0, 0.1) is 20.2 Å². The number of hydrogen-bond acceptors (Lipinski definition) is 6. The van der Waals surface area contributed by atoms with Gasteiger partial charge in [0.2, 0.25) is 11.8 Å². The smallest absolute Gasteiger partial charge is 0.276 e. The van der Waals surface area contributed by atoms with Crippen LogP contribution in [-0.4, -0.2) is 27.0 Å². The Balaban J connectivity index is 2.56. The lowest BCUT2D eigenvalue weighted by Gasteiger charge is -2.09. The Morgan fingerprint density at radius 1 is 1.00 bits per heavy atom. The van der Waals surface area contributed by atoms with Crippen molar-refractivity contribution in [3.63, 3.8) is 0 Å². The number of hydrogen-bond donors (Lipinski definition) is 1. The van der Waals surface area contributed by atoms with Crippen LogP contribution in [-0.2, 0) is 9.59 Å². The molecule has 1 N–H and O–H groups in total. The summed E-state index contributed by atoms with van der Waals surface area (Å²) in [5, 5.41) is 22.2. The topological polar surface area (TPSA) is 132 Å². The Kier molecular flexibility index (Phi) is 3.36. The predicted octanol–water partition coefficient (Wildman–Crippen LogP) is 0.850. The summed E-state index contributed by atoms with van der Waals surface area (Å²) in [5.41, 5.74) is -1.15. The minimum Gasteiger partial charge on any atom is -0.295 e. The molecule has 0 radical (unpaired) electrons. The van der Waals surface area contributed by atoms with E-state index in [1.807, 2.05) is 5.32 Å². The van der Waals surface area contributed by atoms with E-state index in [1.165, 1.54) is 0 Å². The average Bonchev–Trinajstić information content (AvgIpc) is 2.62. The lowest BCUT2D eigenvalue weighted by molar-refractivity contribution is -0.394. The summed E-state index contributed by atoms with van der Waals surface area (Å²) in [4.78, 5) is 42.7. The Hall–Kier alpha value is -2.55. The number of carbonyl (C=O) groups is 2. The summed E-state index contributed by atoms with van der Waals surface area (Å²) < 4.78 is 0. The first kappa shape index (κ1) is 13.9. The molecule has 2 rings (SSSR count). The normalized spacial score (nSPS) is 21.6. The molecule has 0 spiro atoms. The molecule has 0 bridgehead atoms. The number of carbonyl (C=O) groups excluding carboxylic acids is 2. The van der Waals surface area contributed by atoms with Crippen LogP contribution < -0.4 is 5.32 Å². The Bertz CT molecular complexity index is 614. The summed E-state index contributed by atoms with van der Waals surface area (Å²) in [6.07, 6.45) is 0. The molecular formula is C10H6ClN3O6. The molecule has 1 fully saturated rings. The van der Waals surface area contributed by atoms with E-state index in [4.69, 9.17) is 11.6 Å². The number of nitro groups is 2. The van der Waals surface area contributed by atoms with Gasteiger partial charge in [-0.2, -0.15) is 0 Å². The molecule has 10 heteroatoms. The second-order valence-corrected chi connectivity index (χ2v) is 4.50. The van der Waals surface area contributed by atoms with E-state index < -0.39 is 44.3 Å². The maximum Gasteiger partial charge on any atom is 0.276 e. The first-order valence-corrected chi connectivity index (χ1v) is 5.67. The van der Waals surface area contributed by atoms with Crippen LogP contribution in [0.4, 0.5) is 11.4 Å². The summed E-state index contributed by atoms with van der Waals surface area (Å²) >= 11 is 5.75. The number of nitro benzene ring substituents is 2. The van der Waals surface area contributed by atoms with Gasteiger partial charge in [-0.05, 0) is 5.56 Å². The molecule has 1 heterocycles. The molecule has 2 unspecified atom stereocenters. The second-order valence-electron chi connectivity index (χ2n) is 4.03. The van der Waals surface area contributed by atoms with Gasteiger partial charge in [-0.25, -0.2) is 0 Å². The van der Waals surface area contributed by atoms with Gasteiger partial charge >= 0.3 is 0 Å². The number of nitrogens with one attached hydrogen (secondary N) is 1. The van der Waals surface area contributed by atoms with Gasteiger partial charge in [0.05, 0.1) is 21.8 Å². The molecule has 0 saturated carbocycles. The Labute approximate surface area is 115 Å². The second kappa shape index (κ2) is 4.85. The summed E-state index contributed by atoms with van der Waals surface area (Å²) in [5.74, 6) is -2.68. The van der Waals surface area contributed by atoms with Crippen molar-refractivity contribution in [1.29, 1.82) is 0 Å². The highest BCUT2D eigenvalue weighted by molar-refractivity contribution is 6.37. The minimum atomic E-state index is -1.26. The van der Waals surface area contributed by atoms with Crippen LogP contribution in [0.15, 0.2) is 18.2 Å². The van der Waals surface area contributed by atoms with Crippen molar-refractivity contribution in [3.05, 3.63) is 44.0 Å². The Morgan fingerprint density at radius 3 is 1.85 bits per heavy atom. The van der Waals surface area contributed by atoms with Crippen LogP contribution in [0.25, 0.3) is 0 Å². The third kappa shape index (κ3) is 2.30. The fraction of sp³-hybridized carbons (Fsp3) is 0.200. The zero-order valence-electron chi connectivity index (χ0n) is 9.61. The number of rotatable bonds is 3. The van der Waals surface area contributed by atoms with Gasteiger partial charge in [-0.3, -0.25) is 35.1 Å². The van der Waals surface area contributed by atoms with E-state index in [-0.39, 0.29) is 5.56 Å². The van der Waals surface area contributed by atoms with Crippen LogP contribution in [0.2, 0.25) is 0 Å². The summed E-state index contributed by atoms with van der Waals surface area (Å²) in [6.45, 7) is 0. The molecule has 1 aromatic carbocycles. The number of imide groups is 1. The molecule has 0 aliphatic carbocycles. The van der Waals surface area contributed by atoms with E-state index in [2.05, 4.69) is 0 Å². The van der Waals surface area contributed by atoms with Crippen molar-refractivity contribution in [2.24, 2.45) is 0 Å². The molecule has 1 saturated heterocycles. The van der Waals surface area contributed by atoms with Crippen molar-refractivity contribution in [1.82, 2.24) is 5.32 Å². The standard InChI is InChI=1S/C10H6ClN3O6/c11-8-7(9(15)12-10(8)16)4-1-5(13(17)18)3-6(2-4)14(19)20/h1-3,7-8H,(H,12,15,16). The molecule has 20 heavy (non-hydrogen) atoms. The van der Waals surface area contributed by atoms with Crippen LogP contribution in [0.5, 0.6) is 0 Å². The van der Waals surface area contributed by atoms with Gasteiger partial charge in [0.15, 0.2) is 0 Å². The SMILES string of the molecule is O=C1NC(=O)C(c2cc([N+](=O)[O-])cc([N+](=O)[O-])c2)C1Cl. The third-order valence-electron chi connectivity index (χ3n) is 2.78. The molecule has 2 amide bonds. The van der Waals surface area contributed by atoms with Crippen molar-refractivity contribution in [2.75, 3.05) is 0 Å². The highest BCUT2D eigenvalue weighted by Gasteiger charge is 2.42. The fourth-order valence-electron chi connectivity index (χ4n) is 1.88. The van der Waals surface area contributed by atoms with Crippen LogP contribution >= 0.6 is 11.6 Å². The predicted molar refractivity (Wildman–Crippen MR) is 65.3 cm³/mol. The van der Waals surface area contributed by atoms with Crippen molar-refractivity contribution < 1.29 is 19.4 Å². The molecule has 1 aliphatic rings. The number of benzene rings is 1. The largest absolute Gasteiger partial charge is 0.295 e. The van der Waals surface area contributed by atoms with Gasteiger partial charge in [-0.15, -0.1) is 11.6 Å². The van der Waals surface area contributed by atoms with E-state index >= 15 is 0 Å². The van der Waals surface area contributed by atoms with Gasteiger partial charge in [0, 0.05) is 12.1 Å². The Morgan fingerprint density at radius 2 is 1.50 bits per heavy atom. The number of alkyl halides is 1. The highest BCUT2D eigenvalue weighted by Crippen LogP contribution is 2.33. The highest BCUT2D eigenvalue weighted by atomic mass is 35.5. The molecular weight excluding hydrogens is 294 g/mol. The third-order valence-corrected chi connectivity index (χ3v) is 3.23. The first-order valence-electron chi connectivity index (χ1n) is 5.24. The maximum atomic E-state index is 11.6. The zero-order valence-corrected chi connectivity index (χ0v) is 10.4. The van der Waals surface area contributed by atoms with Crippen molar-refractivity contribution >= 4 is 34.8 Å². The van der Waals surface area contributed by atoms with Gasteiger partial charge < -0.3 is 0 Å². The lowest BCUT2D eigenvalue weighted by atomic mass is 9.96. The van der Waals surface area contributed by atoms with Gasteiger partial charge in [0.25, 0.3) is 11.4 Å². The number of amides is 2. The fourth-order valence-corrected chi connectivity index (χ4v) is 2.20. The van der Waals surface area contributed by atoms with Gasteiger partial charge in [-0.1, -0.05) is 0 Å². The number of halogens is 1. The van der Waals surface area contributed by atoms with Crippen LogP contribution in [0.3, 0.4) is 0 Å². The van der Waals surface area contributed by atoms with E-state index in [1.54, 1.807) is 0 Å². The van der Waals surface area contributed by atoms with E-state index in [9.17, 15) is 29.8 Å². The first-order chi connectivity index (χ1) is 9.31. The molecule has 1 aliphatic heterocycles. The minimum absolute atomic E-state index is 0.0470. The zero-order chi connectivity index (χ0) is 15.0. The summed E-state index contributed by atoms with van der Waals surface area (Å²) in [6, 6.07) is 2.75. The van der Waals surface area contributed by atoms with E-state index in [0.717, 1.165) is 18.2 Å². The van der Waals surface area contributed by atoms with Gasteiger partial charge in [0.1, 0.15) is 5.38 Å². The quantitative estimate of drug-likeness (QED) is 0.381. The van der Waals surface area contributed by atoms with Crippen molar-refractivity contribution in [3.8, 4) is 0 Å². The molecule has 0 aromatic heterocycles. The molecule has 1 aromatic rings. The average molecular weight is 300 g/mol. The molecule has 9 nitrogen and oxygen atoms in total. The number of non-ortho nitro benzene ring substituents is 2. The van der Waals surface area contributed by atoms with Crippen LogP contribution in [0.1, 0.15) is 11.5 Å². The van der Waals surface area contributed by atoms with E-state index in [0.29, 0.717) is 0 Å². The lowest BCUT2D eigenvalue weighted by Crippen LogP contribution is -2.22.